The number of piperazine rings is 1. The Morgan fingerprint density at radius 3 is 2.28 bits per heavy atom. The van der Waals surface area contributed by atoms with Crippen LogP contribution < -0.4 is 9.47 Å². The molecule has 6 heteroatoms. The smallest absolute Gasteiger partial charge is 0.254 e. The summed E-state index contributed by atoms with van der Waals surface area (Å²) < 4.78 is 10.9. The number of hydrogen-bond donors (Lipinski definition) is 0. The highest BCUT2D eigenvalue weighted by molar-refractivity contribution is 5.94. The fourth-order valence-corrected chi connectivity index (χ4v) is 2.82. The van der Waals surface area contributed by atoms with E-state index in [4.69, 9.17) is 9.47 Å². The van der Waals surface area contributed by atoms with Crippen LogP contribution in [-0.4, -0.2) is 67.1 Å². The lowest BCUT2D eigenvalue weighted by atomic mass is 10.2. The van der Waals surface area contributed by atoms with E-state index in [0.717, 1.165) is 44.2 Å². The molecule has 1 fully saturated rings. The molecule has 0 atom stereocenters. The molecule has 1 aromatic heterocycles. The summed E-state index contributed by atoms with van der Waals surface area (Å²) >= 11 is 0. The highest BCUT2D eigenvalue weighted by Crippen LogP contribution is 2.17. The van der Waals surface area contributed by atoms with Gasteiger partial charge < -0.3 is 14.4 Å². The van der Waals surface area contributed by atoms with E-state index in [-0.39, 0.29) is 5.91 Å². The van der Waals surface area contributed by atoms with Crippen molar-refractivity contribution in [2.45, 2.75) is 0 Å². The Bertz CT molecular complexity index is 668. The van der Waals surface area contributed by atoms with E-state index in [1.807, 2.05) is 29.2 Å². The minimum atomic E-state index is 0.0801. The second-order valence-electron chi connectivity index (χ2n) is 5.89. The van der Waals surface area contributed by atoms with Crippen molar-refractivity contribution in [3.63, 3.8) is 0 Å². The number of pyridine rings is 1. The number of amides is 1. The number of aromatic nitrogens is 1. The van der Waals surface area contributed by atoms with E-state index >= 15 is 0 Å². The average molecular weight is 341 g/mol. The molecule has 132 valence electrons. The molecule has 0 spiro atoms. The first-order chi connectivity index (χ1) is 12.3. The summed E-state index contributed by atoms with van der Waals surface area (Å²) in [6.07, 6.45) is 3.31. The van der Waals surface area contributed by atoms with Gasteiger partial charge in [-0.15, -0.1) is 0 Å². The van der Waals surface area contributed by atoms with E-state index < -0.39 is 0 Å². The minimum absolute atomic E-state index is 0.0801. The third-order valence-electron chi connectivity index (χ3n) is 4.32. The first-order valence-electron chi connectivity index (χ1n) is 8.45. The molecular weight excluding hydrogens is 318 g/mol. The molecule has 0 saturated carbocycles. The maximum Gasteiger partial charge on any atom is 0.254 e. The molecule has 1 saturated heterocycles. The Morgan fingerprint density at radius 2 is 1.64 bits per heavy atom. The van der Waals surface area contributed by atoms with Gasteiger partial charge in [0.1, 0.15) is 18.1 Å². The number of rotatable bonds is 6. The summed E-state index contributed by atoms with van der Waals surface area (Å²) in [5.74, 6) is 1.74. The number of benzene rings is 1. The number of carbonyl (C=O) groups excluding carboxylic acids is 1. The second-order valence-corrected chi connectivity index (χ2v) is 5.89. The SMILES string of the molecule is COc1ccc(OCCN2CCN(C(=O)c3ccncc3)CC2)cc1. The maximum atomic E-state index is 12.4. The van der Waals surface area contributed by atoms with Crippen molar-refractivity contribution in [2.24, 2.45) is 0 Å². The van der Waals surface area contributed by atoms with E-state index in [1.165, 1.54) is 0 Å². The standard InChI is InChI=1S/C19H23N3O3/c1-24-17-2-4-18(5-3-17)25-15-14-21-10-12-22(13-11-21)19(23)16-6-8-20-9-7-16/h2-9H,10-15H2,1H3. The summed E-state index contributed by atoms with van der Waals surface area (Å²) in [4.78, 5) is 20.6. The van der Waals surface area contributed by atoms with Crippen LogP contribution in [0.4, 0.5) is 0 Å². The number of methoxy groups -OCH3 is 1. The van der Waals surface area contributed by atoms with Crippen LogP contribution in [0.25, 0.3) is 0 Å². The molecule has 2 heterocycles. The molecule has 6 nitrogen and oxygen atoms in total. The Hall–Kier alpha value is -2.60. The van der Waals surface area contributed by atoms with Gasteiger partial charge in [0.05, 0.1) is 7.11 Å². The van der Waals surface area contributed by atoms with Gasteiger partial charge in [-0.1, -0.05) is 0 Å². The average Bonchev–Trinajstić information content (AvgIpc) is 2.69. The van der Waals surface area contributed by atoms with Crippen LogP contribution in [0.1, 0.15) is 10.4 Å². The summed E-state index contributed by atoms with van der Waals surface area (Å²) in [6, 6.07) is 11.1. The number of hydrogen-bond acceptors (Lipinski definition) is 5. The van der Waals surface area contributed by atoms with Gasteiger partial charge in [0, 0.05) is 50.7 Å². The van der Waals surface area contributed by atoms with E-state index in [0.29, 0.717) is 12.2 Å². The lowest BCUT2D eigenvalue weighted by Crippen LogP contribution is -2.49. The Kier molecular flexibility index (Phi) is 5.85. The van der Waals surface area contributed by atoms with Gasteiger partial charge >= 0.3 is 0 Å². The Labute approximate surface area is 148 Å². The second kappa shape index (κ2) is 8.48. The van der Waals surface area contributed by atoms with Crippen molar-refractivity contribution in [3.05, 3.63) is 54.4 Å². The van der Waals surface area contributed by atoms with Crippen LogP contribution in [0, 0.1) is 0 Å². The summed E-state index contributed by atoms with van der Waals surface area (Å²) in [6.45, 7) is 4.69. The first kappa shape index (κ1) is 17.2. The van der Waals surface area contributed by atoms with Crippen molar-refractivity contribution in [1.82, 2.24) is 14.8 Å². The molecule has 0 bridgehead atoms. The summed E-state index contributed by atoms with van der Waals surface area (Å²) in [5.41, 5.74) is 0.700. The van der Waals surface area contributed by atoms with Crippen molar-refractivity contribution in [2.75, 3.05) is 46.4 Å². The third kappa shape index (κ3) is 4.70. The maximum absolute atomic E-state index is 12.4. The minimum Gasteiger partial charge on any atom is -0.497 e. The predicted molar refractivity (Wildman–Crippen MR) is 95.1 cm³/mol. The normalized spacial score (nSPS) is 15.0. The monoisotopic (exact) mass is 341 g/mol. The summed E-state index contributed by atoms with van der Waals surface area (Å²) in [5, 5.41) is 0. The van der Waals surface area contributed by atoms with Gasteiger partial charge in [0.25, 0.3) is 5.91 Å². The highest BCUT2D eigenvalue weighted by atomic mass is 16.5. The molecule has 1 amide bonds. The number of carbonyl (C=O) groups is 1. The molecule has 2 aromatic rings. The lowest BCUT2D eigenvalue weighted by molar-refractivity contribution is 0.0620. The van der Waals surface area contributed by atoms with Crippen molar-refractivity contribution in [1.29, 1.82) is 0 Å². The Morgan fingerprint density at radius 1 is 1.00 bits per heavy atom. The molecule has 1 aromatic carbocycles. The zero-order chi connectivity index (χ0) is 17.5. The predicted octanol–water partition coefficient (Wildman–Crippen LogP) is 1.93. The molecule has 0 unspecified atom stereocenters. The van der Waals surface area contributed by atoms with E-state index in [1.54, 1.807) is 31.6 Å². The van der Waals surface area contributed by atoms with Crippen LogP contribution in [-0.2, 0) is 0 Å². The van der Waals surface area contributed by atoms with Crippen LogP contribution in [0.3, 0.4) is 0 Å². The van der Waals surface area contributed by atoms with Crippen molar-refractivity contribution < 1.29 is 14.3 Å². The molecule has 25 heavy (non-hydrogen) atoms. The zero-order valence-electron chi connectivity index (χ0n) is 14.4. The van der Waals surface area contributed by atoms with E-state index in [2.05, 4.69) is 9.88 Å². The van der Waals surface area contributed by atoms with Gasteiger partial charge in [-0.3, -0.25) is 14.7 Å². The van der Waals surface area contributed by atoms with Crippen LogP contribution in [0.15, 0.2) is 48.8 Å². The topological polar surface area (TPSA) is 54.9 Å². The van der Waals surface area contributed by atoms with Gasteiger partial charge in [0.2, 0.25) is 0 Å². The van der Waals surface area contributed by atoms with Gasteiger partial charge in [-0.25, -0.2) is 0 Å². The van der Waals surface area contributed by atoms with Gasteiger partial charge in [0.15, 0.2) is 0 Å². The highest BCUT2D eigenvalue weighted by Gasteiger charge is 2.21. The van der Waals surface area contributed by atoms with E-state index in [9.17, 15) is 4.79 Å². The largest absolute Gasteiger partial charge is 0.497 e. The number of ether oxygens (including phenoxy) is 2. The van der Waals surface area contributed by atoms with Crippen molar-refractivity contribution in [3.8, 4) is 11.5 Å². The fraction of sp³-hybridized carbons (Fsp3) is 0.368. The zero-order valence-corrected chi connectivity index (χ0v) is 14.4. The fourth-order valence-electron chi connectivity index (χ4n) is 2.82. The quantitative estimate of drug-likeness (QED) is 0.804. The third-order valence-corrected chi connectivity index (χ3v) is 4.32. The summed E-state index contributed by atoms with van der Waals surface area (Å²) in [7, 11) is 1.65. The lowest BCUT2D eigenvalue weighted by Gasteiger charge is -2.34. The van der Waals surface area contributed by atoms with Crippen molar-refractivity contribution >= 4 is 5.91 Å². The van der Waals surface area contributed by atoms with Gasteiger partial charge in [-0.2, -0.15) is 0 Å². The van der Waals surface area contributed by atoms with Crippen LogP contribution in [0.5, 0.6) is 11.5 Å². The molecule has 1 aliphatic rings. The molecule has 0 N–H and O–H groups in total. The Balaban J connectivity index is 1.39. The van der Waals surface area contributed by atoms with Crippen LogP contribution >= 0.6 is 0 Å². The molecule has 0 radical (unpaired) electrons. The first-order valence-corrected chi connectivity index (χ1v) is 8.45. The molecule has 3 rings (SSSR count). The molecular formula is C19H23N3O3. The van der Waals surface area contributed by atoms with Gasteiger partial charge in [-0.05, 0) is 36.4 Å². The van der Waals surface area contributed by atoms with Crippen LogP contribution in [0.2, 0.25) is 0 Å². The number of nitrogens with zero attached hydrogens (tertiary/aromatic N) is 3. The molecule has 0 aliphatic carbocycles. The molecule has 1 aliphatic heterocycles.